The molecular formula is C36H31N5O5S. The maximum atomic E-state index is 13.3. The number of hydrogen-bond donors (Lipinski definition) is 1. The lowest BCUT2D eigenvalue weighted by Gasteiger charge is -2.20. The fourth-order valence-electron chi connectivity index (χ4n) is 5.39. The Labute approximate surface area is 274 Å². The molecule has 0 saturated carbocycles. The second kappa shape index (κ2) is 12.9. The molecule has 47 heavy (non-hydrogen) atoms. The lowest BCUT2D eigenvalue weighted by Crippen LogP contribution is -2.27. The number of carboxylic acids is 1. The van der Waals surface area contributed by atoms with Crippen molar-refractivity contribution in [2.24, 2.45) is 0 Å². The summed E-state index contributed by atoms with van der Waals surface area (Å²) < 4.78 is 15.1. The lowest BCUT2D eigenvalue weighted by atomic mass is 9.89. The van der Waals surface area contributed by atoms with Gasteiger partial charge in [-0.2, -0.15) is 5.26 Å². The molecule has 236 valence electrons. The number of carboxylic acid groups (broad SMARTS) is 1. The number of nitriles is 1. The molecule has 0 radical (unpaired) electrons. The Hall–Kier alpha value is -5.73. The number of amides is 1. The first kappa shape index (κ1) is 31.3. The van der Waals surface area contributed by atoms with E-state index >= 15 is 0 Å². The van der Waals surface area contributed by atoms with Crippen molar-refractivity contribution in [2.45, 2.75) is 6.42 Å². The molecule has 0 unspecified atom stereocenters. The number of nitrogens with one attached hydrogen (secondary N) is 1. The SMILES string of the molecule is CN(C)c1ccc2c(-c3cc(C(=O)NCCCOc4ccc5nc(C#N)sc5c4)ccc3C(=O)[O-])c3ccc(=[N+](C)C)cc-3oc2c1. The number of aromatic carboxylic acids is 1. The Morgan fingerprint density at radius 3 is 2.62 bits per heavy atom. The molecule has 0 bridgehead atoms. The van der Waals surface area contributed by atoms with E-state index in [1.54, 1.807) is 12.1 Å². The molecule has 3 aromatic carbocycles. The highest BCUT2D eigenvalue weighted by atomic mass is 32.1. The third kappa shape index (κ3) is 6.36. The molecule has 0 saturated heterocycles. The van der Waals surface area contributed by atoms with Crippen molar-refractivity contribution in [2.75, 3.05) is 46.2 Å². The van der Waals surface area contributed by atoms with Crippen LogP contribution < -0.4 is 30.0 Å². The zero-order valence-corrected chi connectivity index (χ0v) is 27.1. The van der Waals surface area contributed by atoms with Gasteiger partial charge in [0.25, 0.3) is 5.91 Å². The Bertz CT molecular complexity index is 2260. The number of nitrogens with zero attached hydrogens (tertiary/aromatic N) is 4. The zero-order chi connectivity index (χ0) is 33.2. The highest BCUT2D eigenvalue weighted by Crippen LogP contribution is 2.42. The molecule has 1 aromatic heterocycles. The van der Waals surface area contributed by atoms with Crippen LogP contribution in [0.1, 0.15) is 32.1 Å². The summed E-state index contributed by atoms with van der Waals surface area (Å²) in [5.74, 6) is -0.454. The van der Waals surface area contributed by atoms with Crippen molar-refractivity contribution in [3.8, 4) is 34.3 Å². The van der Waals surface area contributed by atoms with E-state index in [9.17, 15) is 14.7 Å². The first-order chi connectivity index (χ1) is 22.6. The van der Waals surface area contributed by atoms with Crippen molar-refractivity contribution in [1.82, 2.24) is 14.9 Å². The molecule has 0 fully saturated rings. The van der Waals surface area contributed by atoms with Crippen LogP contribution in [-0.2, 0) is 0 Å². The fraction of sp³-hybridized carbons (Fsp3) is 0.194. The second-order valence-corrected chi connectivity index (χ2v) is 12.4. The van der Waals surface area contributed by atoms with E-state index < -0.39 is 5.97 Å². The van der Waals surface area contributed by atoms with Crippen molar-refractivity contribution < 1.29 is 23.8 Å². The quantitative estimate of drug-likeness (QED) is 0.139. The zero-order valence-electron chi connectivity index (χ0n) is 26.3. The van der Waals surface area contributed by atoms with E-state index in [4.69, 9.17) is 14.4 Å². The predicted octanol–water partition coefficient (Wildman–Crippen LogP) is 4.35. The van der Waals surface area contributed by atoms with Gasteiger partial charge in [0.15, 0.2) is 5.01 Å². The van der Waals surface area contributed by atoms with Crippen LogP contribution in [0.2, 0.25) is 0 Å². The molecular weight excluding hydrogens is 614 g/mol. The van der Waals surface area contributed by atoms with E-state index in [1.807, 2.05) is 86.2 Å². The van der Waals surface area contributed by atoms with Crippen molar-refractivity contribution in [1.29, 1.82) is 5.26 Å². The normalized spacial score (nSPS) is 11.0. The first-order valence-electron chi connectivity index (χ1n) is 14.9. The molecule has 6 rings (SSSR count). The highest BCUT2D eigenvalue weighted by Gasteiger charge is 2.22. The Morgan fingerprint density at radius 2 is 1.87 bits per heavy atom. The summed E-state index contributed by atoms with van der Waals surface area (Å²) in [4.78, 5) is 31.9. The van der Waals surface area contributed by atoms with Gasteiger partial charge in [-0.1, -0.05) is 6.07 Å². The smallest absolute Gasteiger partial charge is 0.251 e. The van der Waals surface area contributed by atoms with Crippen molar-refractivity contribution in [3.05, 3.63) is 94.3 Å². The maximum Gasteiger partial charge on any atom is 0.251 e. The third-order valence-electron chi connectivity index (χ3n) is 7.82. The molecule has 0 spiro atoms. The summed E-state index contributed by atoms with van der Waals surface area (Å²) in [5, 5.41) is 26.4. The van der Waals surface area contributed by atoms with Crippen LogP contribution in [0.4, 0.5) is 5.69 Å². The maximum absolute atomic E-state index is 13.3. The molecule has 1 amide bonds. The minimum absolute atomic E-state index is 0.0306. The van der Waals surface area contributed by atoms with Gasteiger partial charge < -0.3 is 29.3 Å². The number of carbonyl (C=O) groups is 2. The first-order valence-corrected chi connectivity index (χ1v) is 15.7. The number of carbonyl (C=O) groups excluding carboxylic acids is 2. The molecule has 1 aliphatic heterocycles. The van der Waals surface area contributed by atoms with Crippen LogP contribution in [-0.4, -0.2) is 58.2 Å². The summed E-state index contributed by atoms with van der Waals surface area (Å²) >= 11 is 1.30. The predicted molar refractivity (Wildman–Crippen MR) is 181 cm³/mol. The Kier molecular flexibility index (Phi) is 8.61. The van der Waals surface area contributed by atoms with E-state index in [0.717, 1.165) is 21.3 Å². The van der Waals surface area contributed by atoms with Crippen LogP contribution >= 0.6 is 11.3 Å². The summed E-state index contributed by atoms with van der Waals surface area (Å²) in [6.07, 6.45) is 0.539. The molecule has 2 aliphatic rings. The summed E-state index contributed by atoms with van der Waals surface area (Å²) in [5.41, 5.74) is 4.23. The van der Waals surface area contributed by atoms with Crippen molar-refractivity contribution >= 4 is 50.1 Å². The van der Waals surface area contributed by atoms with Gasteiger partial charge >= 0.3 is 0 Å². The Balaban J connectivity index is 1.28. The summed E-state index contributed by atoms with van der Waals surface area (Å²) in [7, 11) is 7.74. The van der Waals surface area contributed by atoms with Crippen LogP contribution in [0, 0.1) is 11.3 Å². The average Bonchev–Trinajstić information content (AvgIpc) is 3.48. The largest absolute Gasteiger partial charge is 0.545 e. The summed E-state index contributed by atoms with van der Waals surface area (Å²) in [6.45, 7) is 0.703. The van der Waals surface area contributed by atoms with Gasteiger partial charge in [-0.3, -0.25) is 4.79 Å². The number of hydrogen-bond acceptors (Lipinski definition) is 9. The van der Waals surface area contributed by atoms with Gasteiger partial charge in [-0.15, -0.1) is 11.3 Å². The number of fused-ring (bicyclic) bond motifs is 3. The number of anilines is 1. The minimum atomic E-state index is -1.35. The van der Waals surface area contributed by atoms with Gasteiger partial charge in [-0.25, -0.2) is 9.56 Å². The monoisotopic (exact) mass is 645 g/mol. The van der Waals surface area contributed by atoms with E-state index in [2.05, 4.69) is 16.4 Å². The van der Waals surface area contributed by atoms with E-state index in [-0.39, 0.29) is 11.5 Å². The molecule has 4 aromatic rings. The van der Waals surface area contributed by atoms with Crippen LogP contribution in [0.5, 0.6) is 5.75 Å². The van der Waals surface area contributed by atoms with Crippen molar-refractivity contribution in [3.63, 3.8) is 0 Å². The van der Waals surface area contributed by atoms with Crippen LogP contribution in [0.25, 0.3) is 43.6 Å². The second-order valence-electron chi connectivity index (χ2n) is 11.4. The molecule has 10 nitrogen and oxygen atoms in total. The minimum Gasteiger partial charge on any atom is -0.545 e. The fourth-order valence-corrected chi connectivity index (χ4v) is 6.18. The van der Waals surface area contributed by atoms with Crippen LogP contribution in [0.3, 0.4) is 0 Å². The molecule has 11 heteroatoms. The summed E-state index contributed by atoms with van der Waals surface area (Å²) in [6, 6.07) is 23.6. The van der Waals surface area contributed by atoms with Gasteiger partial charge in [-0.05, 0) is 60.5 Å². The lowest BCUT2D eigenvalue weighted by molar-refractivity contribution is -0.254. The standard InChI is InChI=1S/C36H31N5O5S/c1-40(2)22-7-11-26-30(17-22)46-31-18-23(41(3)4)8-12-27(31)34(26)28-16-21(6-10-25(28)36(43)44)35(42)38-14-5-15-45-24-9-13-29-32(19-24)47-33(20-37)39-29/h6-13,16-19H,5,14-15H2,1-4H3,(H-,38,42,43,44). The number of ether oxygens (including phenoxy) is 1. The Morgan fingerprint density at radius 1 is 1.04 bits per heavy atom. The number of benzene rings is 4. The highest BCUT2D eigenvalue weighted by molar-refractivity contribution is 7.19. The van der Waals surface area contributed by atoms with E-state index in [1.165, 1.54) is 23.5 Å². The number of thiazole rings is 1. The van der Waals surface area contributed by atoms with E-state index in [0.29, 0.717) is 69.3 Å². The van der Waals surface area contributed by atoms with Gasteiger partial charge in [0.1, 0.15) is 37.3 Å². The molecule has 1 N–H and O–H groups in total. The van der Waals surface area contributed by atoms with Gasteiger partial charge in [0.2, 0.25) is 5.36 Å². The molecule has 2 heterocycles. The van der Waals surface area contributed by atoms with Crippen LogP contribution in [0.15, 0.2) is 77.2 Å². The third-order valence-corrected chi connectivity index (χ3v) is 8.75. The molecule has 0 atom stereocenters. The number of aromatic nitrogens is 1. The topological polar surface area (TPSA) is 135 Å². The van der Waals surface area contributed by atoms with Gasteiger partial charge in [0.05, 0.1) is 28.9 Å². The van der Waals surface area contributed by atoms with Gasteiger partial charge in [0, 0.05) is 66.1 Å². The number of rotatable bonds is 9. The average molecular weight is 646 g/mol. The molecule has 1 aliphatic carbocycles.